The van der Waals surface area contributed by atoms with Crippen LogP contribution >= 0.6 is 0 Å². The van der Waals surface area contributed by atoms with E-state index in [0.29, 0.717) is 12.8 Å². The quantitative estimate of drug-likeness (QED) is 0.244. The molecule has 0 aromatic carbocycles. The Hall–Kier alpha value is -2.70. The average Bonchev–Trinajstić information content (AvgIpc) is 3.40. The van der Waals surface area contributed by atoms with Gasteiger partial charge < -0.3 is 38.3 Å². The largest absolute Gasteiger partial charge is 0.472 e. The SMILES string of the molecule is CC[C@@](C)(OC(C)=O)C(=O)O[C@H]1[C@H](O)C[C@@H]2[C@@](C)([C@H]3C[C@@H]4C=CO[C@@H]4O3)[C@H](C)C[C@H](OC(C)=O)[C@@]2(COC(C)=O)[C@@]12CO2. The van der Waals surface area contributed by atoms with E-state index in [9.17, 15) is 24.3 Å². The summed E-state index contributed by atoms with van der Waals surface area (Å²) in [6.45, 7) is 11.0. The third-order valence-electron chi connectivity index (χ3n) is 11.0. The number of fused-ring (bicyclic) bond motifs is 3. The third-order valence-corrected chi connectivity index (χ3v) is 11.0. The van der Waals surface area contributed by atoms with Gasteiger partial charge in [-0.2, -0.15) is 0 Å². The van der Waals surface area contributed by atoms with Crippen LogP contribution < -0.4 is 0 Å². The Labute approximate surface area is 251 Å². The minimum Gasteiger partial charge on any atom is -0.472 e. The minimum atomic E-state index is -1.60. The van der Waals surface area contributed by atoms with Crippen LogP contribution in [0.5, 0.6) is 0 Å². The maximum Gasteiger partial charge on any atom is 0.350 e. The minimum absolute atomic E-state index is 0.0566. The van der Waals surface area contributed by atoms with E-state index in [-0.39, 0.29) is 44.0 Å². The molecule has 2 saturated heterocycles. The van der Waals surface area contributed by atoms with Gasteiger partial charge >= 0.3 is 23.9 Å². The summed E-state index contributed by atoms with van der Waals surface area (Å²) >= 11 is 0. The van der Waals surface area contributed by atoms with Crippen molar-refractivity contribution >= 4 is 23.9 Å². The van der Waals surface area contributed by atoms with E-state index in [1.807, 2.05) is 6.08 Å². The molecule has 5 aliphatic rings. The Morgan fingerprint density at radius 1 is 1.05 bits per heavy atom. The topological polar surface area (TPSA) is 156 Å². The van der Waals surface area contributed by atoms with Crippen molar-refractivity contribution < 1.29 is 57.4 Å². The predicted molar refractivity (Wildman–Crippen MR) is 147 cm³/mol. The van der Waals surface area contributed by atoms with Crippen molar-refractivity contribution in [2.75, 3.05) is 13.2 Å². The number of hydrogen-bond donors (Lipinski definition) is 1. The second-order valence-corrected chi connectivity index (χ2v) is 13.3. The number of carbonyl (C=O) groups is 4. The third kappa shape index (κ3) is 4.93. The molecule has 3 heterocycles. The Kier molecular flexibility index (Phi) is 8.13. The molecule has 0 aromatic heterocycles. The van der Waals surface area contributed by atoms with Crippen LogP contribution in [-0.4, -0.2) is 84.1 Å². The summed E-state index contributed by atoms with van der Waals surface area (Å²) in [6.07, 6.45) is 1.03. The Morgan fingerprint density at radius 2 is 1.74 bits per heavy atom. The summed E-state index contributed by atoms with van der Waals surface area (Å²) in [4.78, 5) is 50.3. The molecule has 12 atom stereocenters. The highest BCUT2D eigenvalue weighted by atomic mass is 16.7. The lowest BCUT2D eigenvalue weighted by atomic mass is 9.41. The summed E-state index contributed by atoms with van der Waals surface area (Å²) in [5.74, 6) is -2.99. The highest BCUT2D eigenvalue weighted by Gasteiger charge is 2.81. The zero-order chi connectivity index (χ0) is 31.5. The number of ether oxygens (including phenoxy) is 7. The van der Waals surface area contributed by atoms with Gasteiger partial charge in [-0.05, 0) is 50.5 Å². The van der Waals surface area contributed by atoms with Crippen molar-refractivity contribution in [3.05, 3.63) is 12.3 Å². The highest BCUT2D eigenvalue weighted by Crippen LogP contribution is 2.70. The molecule has 0 amide bonds. The zero-order valence-corrected chi connectivity index (χ0v) is 26.0. The fraction of sp³-hybridized carbons (Fsp3) is 0.806. The first-order valence-corrected chi connectivity index (χ1v) is 15.2. The van der Waals surface area contributed by atoms with Crippen molar-refractivity contribution in [2.24, 2.45) is 28.6 Å². The normalized spacial score (nSPS) is 43.9. The van der Waals surface area contributed by atoms with E-state index in [1.54, 1.807) is 13.2 Å². The molecule has 43 heavy (non-hydrogen) atoms. The molecular formula is C31H44O12. The molecule has 0 aromatic rings. The second kappa shape index (κ2) is 11.0. The van der Waals surface area contributed by atoms with Gasteiger partial charge in [-0.15, -0.1) is 0 Å². The summed E-state index contributed by atoms with van der Waals surface area (Å²) < 4.78 is 41.5. The van der Waals surface area contributed by atoms with Crippen molar-refractivity contribution in [3.8, 4) is 0 Å². The maximum atomic E-state index is 13.6. The van der Waals surface area contributed by atoms with E-state index >= 15 is 0 Å². The molecule has 0 bridgehead atoms. The van der Waals surface area contributed by atoms with Crippen LogP contribution in [0.4, 0.5) is 0 Å². The molecule has 4 fully saturated rings. The molecular weight excluding hydrogens is 564 g/mol. The van der Waals surface area contributed by atoms with Crippen LogP contribution in [-0.2, 0) is 52.3 Å². The molecule has 1 N–H and O–H groups in total. The molecule has 0 unspecified atom stereocenters. The molecule has 12 heteroatoms. The van der Waals surface area contributed by atoms with Gasteiger partial charge in [0.1, 0.15) is 18.3 Å². The number of rotatable bonds is 8. The maximum absolute atomic E-state index is 13.6. The van der Waals surface area contributed by atoms with E-state index in [1.165, 1.54) is 27.7 Å². The number of esters is 4. The summed E-state index contributed by atoms with van der Waals surface area (Å²) in [7, 11) is 0. The van der Waals surface area contributed by atoms with Gasteiger partial charge in [-0.3, -0.25) is 14.4 Å². The van der Waals surface area contributed by atoms with E-state index in [4.69, 9.17) is 33.2 Å². The van der Waals surface area contributed by atoms with Gasteiger partial charge in [-0.25, -0.2) is 4.79 Å². The predicted octanol–water partition coefficient (Wildman–Crippen LogP) is 2.58. The highest BCUT2D eigenvalue weighted by molar-refractivity contribution is 5.82. The van der Waals surface area contributed by atoms with Crippen LogP contribution in [0.25, 0.3) is 0 Å². The summed E-state index contributed by atoms with van der Waals surface area (Å²) in [5, 5.41) is 11.8. The van der Waals surface area contributed by atoms with Crippen LogP contribution in [0.1, 0.15) is 74.1 Å². The number of aliphatic hydroxyl groups excluding tert-OH is 1. The van der Waals surface area contributed by atoms with Gasteiger partial charge in [0.25, 0.3) is 0 Å². The number of hydrogen-bond acceptors (Lipinski definition) is 12. The Morgan fingerprint density at radius 3 is 2.30 bits per heavy atom. The van der Waals surface area contributed by atoms with E-state index < -0.39 is 76.4 Å². The fourth-order valence-electron chi connectivity index (χ4n) is 8.42. The van der Waals surface area contributed by atoms with Gasteiger partial charge in [0, 0.05) is 32.1 Å². The molecule has 240 valence electrons. The van der Waals surface area contributed by atoms with Crippen molar-refractivity contribution in [1.29, 1.82) is 0 Å². The standard InChI is InChI=1S/C31H44O12/c1-8-28(6,43-19(5)34)27(36)42-25-21(35)13-22-29(7,23-12-20-9-10-37-26(20)41-23)16(2)11-24(40-18(4)33)30(22,14-38-17(3)32)31(25)15-39-31/h9-10,16,20-26,35H,8,11-15H2,1-7H3/t16-,20+,21-,22-,23-,24+,25+,26-,28-,29+,30+,31-/m1/s1. The molecule has 12 nitrogen and oxygen atoms in total. The zero-order valence-electron chi connectivity index (χ0n) is 26.0. The lowest BCUT2D eigenvalue weighted by molar-refractivity contribution is -0.285. The molecule has 2 aliphatic carbocycles. The van der Waals surface area contributed by atoms with Crippen LogP contribution in [0.15, 0.2) is 12.3 Å². The smallest absolute Gasteiger partial charge is 0.350 e. The molecule has 1 spiro atoms. The van der Waals surface area contributed by atoms with E-state index in [0.717, 1.165) is 0 Å². The van der Waals surface area contributed by atoms with Crippen molar-refractivity contribution in [3.63, 3.8) is 0 Å². The van der Waals surface area contributed by atoms with Gasteiger partial charge in [0.15, 0.2) is 6.10 Å². The summed E-state index contributed by atoms with van der Waals surface area (Å²) in [6, 6.07) is 0. The Bertz CT molecular complexity index is 1180. The summed E-state index contributed by atoms with van der Waals surface area (Å²) in [5.41, 5.74) is -4.80. The molecule has 0 radical (unpaired) electrons. The van der Waals surface area contributed by atoms with Crippen LogP contribution in [0.2, 0.25) is 0 Å². The average molecular weight is 609 g/mol. The second-order valence-electron chi connectivity index (χ2n) is 13.3. The van der Waals surface area contributed by atoms with E-state index in [2.05, 4.69) is 13.8 Å². The van der Waals surface area contributed by atoms with Crippen LogP contribution in [0.3, 0.4) is 0 Å². The Balaban J connectivity index is 1.61. The lowest BCUT2D eigenvalue weighted by Crippen LogP contribution is -2.74. The monoisotopic (exact) mass is 608 g/mol. The lowest BCUT2D eigenvalue weighted by Gasteiger charge is -2.65. The first-order valence-electron chi connectivity index (χ1n) is 15.2. The van der Waals surface area contributed by atoms with Gasteiger partial charge in [0.05, 0.1) is 30.5 Å². The van der Waals surface area contributed by atoms with Gasteiger partial charge in [0.2, 0.25) is 11.9 Å². The first-order chi connectivity index (χ1) is 20.1. The molecule has 3 aliphatic heterocycles. The molecule has 2 saturated carbocycles. The number of carbonyl (C=O) groups excluding carboxylic acids is 4. The fourth-order valence-corrected chi connectivity index (χ4v) is 8.42. The van der Waals surface area contributed by atoms with Gasteiger partial charge in [-0.1, -0.05) is 20.8 Å². The number of aliphatic hydroxyl groups is 1. The molecule has 5 rings (SSSR count). The van der Waals surface area contributed by atoms with Crippen LogP contribution in [0, 0.1) is 28.6 Å². The first kappa shape index (κ1) is 31.7. The van der Waals surface area contributed by atoms with Crippen molar-refractivity contribution in [1.82, 2.24) is 0 Å². The number of epoxide rings is 1. The van der Waals surface area contributed by atoms with Crippen molar-refractivity contribution in [2.45, 2.75) is 116 Å².